The number of carbonyl (C=O) groups excluding carboxylic acids is 3. The van der Waals surface area contributed by atoms with Crippen molar-refractivity contribution in [1.82, 2.24) is 0 Å². The molecule has 0 aliphatic carbocycles. The van der Waals surface area contributed by atoms with Gasteiger partial charge in [-0.2, -0.15) is 0 Å². The summed E-state index contributed by atoms with van der Waals surface area (Å²) in [5.41, 5.74) is 0. The maximum Gasteiger partial charge on any atom is 0.306 e. The third-order valence-corrected chi connectivity index (χ3v) is 12.7. The minimum absolute atomic E-state index is 0.0740. The second kappa shape index (κ2) is 54.2. The van der Waals surface area contributed by atoms with Crippen LogP contribution in [0.2, 0.25) is 0 Å². The van der Waals surface area contributed by atoms with E-state index in [0.29, 0.717) is 19.3 Å². The van der Waals surface area contributed by atoms with Crippen molar-refractivity contribution >= 4 is 17.9 Å². The molecule has 0 radical (unpaired) electrons. The van der Waals surface area contributed by atoms with Gasteiger partial charge in [0.2, 0.25) is 0 Å². The molecule has 0 bridgehead atoms. The number of hydrogen-bond acceptors (Lipinski definition) is 6. The first-order chi connectivity index (χ1) is 32.0. The van der Waals surface area contributed by atoms with Crippen LogP contribution in [0.1, 0.15) is 303 Å². The molecule has 65 heavy (non-hydrogen) atoms. The molecule has 0 aromatic heterocycles. The average Bonchev–Trinajstić information content (AvgIpc) is 3.30. The highest BCUT2D eigenvalue weighted by atomic mass is 16.6. The molecule has 0 spiro atoms. The van der Waals surface area contributed by atoms with Crippen LogP contribution in [0, 0.1) is 0 Å². The molecule has 0 fully saturated rings. The van der Waals surface area contributed by atoms with Crippen LogP contribution in [0.25, 0.3) is 0 Å². The van der Waals surface area contributed by atoms with E-state index < -0.39 is 6.10 Å². The molecule has 0 rings (SSSR count). The molecule has 0 heterocycles. The Morgan fingerprint density at radius 3 is 0.846 bits per heavy atom. The molecule has 6 heteroatoms. The third kappa shape index (κ3) is 52.5. The van der Waals surface area contributed by atoms with E-state index >= 15 is 0 Å². The third-order valence-electron chi connectivity index (χ3n) is 12.7. The minimum Gasteiger partial charge on any atom is -0.462 e. The fourth-order valence-corrected chi connectivity index (χ4v) is 8.39. The Kier molecular flexibility index (Phi) is 52.3. The first-order valence-corrected chi connectivity index (χ1v) is 28.5. The topological polar surface area (TPSA) is 78.9 Å². The summed E-state index contributed by atoms with van der Waals surface area (Å²) >= 11 is 0. The van der Waals surface area contributed by atoms with Gasteiger partial charge in [0.1, 0.15) is 13.2 Å². The molecule has 0 aliphatic rings. The van der Waals surface area contributed by atoms with Gasteiger partial charge in [0.15, 0.2) is 6.10 Å². The average molecular weight is 914 g/mol. The van der Waals surface area contributed by atoms with Crippen LogP contribution >= 0.6 is 0 Å². The monoisotopic (exact) mass is 913 g/mol. The van der Waals surface area contributed by atoms with E-state index in [2.05, 4.69) is 57.2 Å². The Balaban J connectivity index is 4.37. The van der Waals surface area contributed by atoms with Crippen molar-refractivity contribution in [2.75, 3.05) is 13.2 Å². The summed E-state index contributed by atoms with van der Waals surface area (Å²) in [6.07, 6.45) is 64.1. The summed E-state index contributed by atoms with van der Waals surface area (Å²) in [5.74, 6) is -0.876. The van der Waals surface area contributed by atoms with E-state index in [1.54, 1.807) is 0 Å². The highest BCUT2D eigenvalue weighted by Gasteiger charge is 2.19. The summed E-state index contributed by atoms with van der Waals surface area (Å²) in [4.78, 5) is 38.1. The van der Waals surface area contributed by atoms with E-state index in [9.17, 15) is 14.4 Å². The molecule has 0 saturated heterocycles. The van der Waals surface area contributed by atoms with Crippen LogP contribution in [0.4, 0.5) is 0 Å². The van der Waals surface area contributed by atoms with E-state index in [1.165, 1.54) is 186 Å². The number of rotatable bonds is 52. The molecule has 0 aromatic rings. The second-order valence-corrected chi connectivity index (χ2v) is 19.3. The number of carbonyl (C=O) groups is 3. The Morgan fingerprint density at radius 1 is 0.308 bits per heavy atom. The van der Waals surface area contributed by atoms with Gasteiger partial charge < -0.3 is 14.2 Å². The van der Waals surface area contributed by atoms with Gasteiger partial charge in [-0.15, -0.1) is 0 Å². The maximum absolute atomic E-state index is 12.8. The lowest BCUT2D eigenvalue weighted by atomic mass is 10.0. The minimum atomic E-state index is -0.776. The Bertz CT molecular complexity index is 1090. The lowest BCUT2D eigenvalue weighted by molar-refractivity contribution is -0.167. The molecule has 0 aliphatic heterocycles. The Hall–Kier alpha value is -2.37. The van der Waals surface area contributed by atoms with Crippen molar-refractivity contribution in [1.29, 1.82) is 0 Å². The first-order valence-electron chi connectivity index (χ1n) is 28.5. The van der Waals surface area contributed by atoms with Gasteiger partial charge >= 0.3 is 17.9 Å². The van der Waals surface area contributed by atoms with Crippen LogP contribution in [-0.4, -0.2) is 37.2 Å². The normalized spacial score (nSPS) is 12.2. The van der Waals surface area contributed by atoms with E-state index in [-0.39, 0.29) is 31.1 Å². The zero-order chi connectivity index (χ0) is 47.2. The second-order valence-electron chi connectivity index (χ2n) is 19.3. The first kappa shape index (κ1) is 62.6. The maximum atomic E-state index is 12.8. The van der Waals surface area contributed by atoms with Gasteiger partial charge in [-0.1, -0.05) is 276 Å². The van der Waals surface area contributed by atoms with Gasteiger partial charge in [0.25, 0.3) is 0 Å². The molecule has 1 atom stereocenters. The molecule has 0 amide bonds. The van der Waals surface area contributed by atoms with Crippen LogP contribution in [0.15, 0.2) is 36.5 Å². The summed E-state index contributed by atoms with van der Waals surface area (Å²) in [5, 5.41) is 0. The summed E-state index contributed by atoms with van der Waals surface area (Å²) in [6, 6.07) is 0. The Morgan fingerprint density at radius 2 is 0.554 bits per heavy atom. The van der Waals surface area contributed by atoms with Gasteiger partial charge in [-0.25, -0.2) is 0 Å². The van der Waals surface area contributed by atoms with Crippen molar-refractivity contribution in [3.63, 3.8) is 0 Å². The van der Waals surface area contributed by atoms with Crippen molar-refractivity contribution in [2.24, 2.45) is 0 Å². The van der Waals surface area contributed by atoms with Crippen LogP contribution < -0.4 is 0 Å². The molecule has 0 aromatic carbocycles. The number of ether oxygens (including phenoxy) is 3. The quantitative estimate of drug-likeness (QED) is 0.0262. The smallest absolute Gasteiger partial charge is 0.306 e. The molecule has 0 N–H and O–H groups in total. The lowest BCUT2D eigenvalue weighted by Crippen LogP contribution is -2.30. The van der Waals surface area contributed by atoms with Gasteiger partial charge in [-0.3, -0.25) is 14.4 Å². The molecular formula is C59H108O6. The van der Waals surface area contributed by atoms with Crippen LogP contribution in [0.5, 0.6) is 0 Å². The fourth-order valence-electron chi connectivity index (χ4n) is 8.39. The fraction of sp³-hybridized carbons (Fsp3) is 0.847. The van der Waals surface area contributed by atoms with Crippen molar-refractivity contribution in [3.05, 3.63) is 36.5 Å². The molecule has 1 unspecified atom stereocenters. The zero-order valence-corrected chi connectivity index (χ0v) is 43.5. The highest BCUT2D eigenvalue weighted by molar-refractivity contribution is 5.71. The predicted octanol–water partition coefficient (Wildman–Crippen LogP) is 18.9. The molecular weight excluding hydrogens is 805 g/mol. The lowest BCUT2D eigenvalue weighted by Gasteiger charge is -2.18. The number of unbranched alkanes of at least 4 members (excludes halogenated alkanes) is 37. The highest BCUT2D eigenvalue weighted by Crippen LogP contribution is 2.17. The van der Waals surface area contributed by atoms with Crippen LogP contribution in [-0.2, 0) is 28.6 Å². The van der Waals surface area contributed by atoms with E-state index in [4.69, 9.17) is 14.2 Å². The number of hydrogen-bond donors (Lipinski definition) is 0. The van der Waals surface area contributed by atoms with Gasteiger partial charge in [-0.05, 0) is 44.9 Å². The Labute approximate surface area is 404 Å². The largest absolute Gasteiger partial charge is 0.462 e. The van der Waals surface area contributed by atoms with Crippen molar-refractivity contribution < 1.29 is 28.6 Å². The van der Waals surface area contributed by atoms with Gasteiger partial charge in [0, 0.05) is 19.3 Å². The zero-order valence-electron chi connectivity index (χ0n) is 43.5. The number of esters is 3. The standard InChI is InChI=1S/C59H108O6/c1-4-7-10-13-16-19-22-25-28-29-30-32-34-37-40-43-46-49-52-58(61)64-55-56(54-63-57(60)51-48-45-42-39-36-33-27-24-21-18-15-12-9-6-3)65-59(62)53-50-47-44-41-38-35-31-26-23-20-17-14-11-8-5-2/h22,25,28-30,32,56H,4-21,23-24,26-27,31,33-55H2,1-3H3/b25-22-,29-28-,32-30-. The number of allylic oxidation sites excluding steroid dienone is 6. The van der Waals surface area contributed by atoms with E-state index in [0.717, 1.165) is 77.0 Å². The molecule has 0 saturated carbocycles. The van der Waals surface area contributed by atoms with E-state index in [1.807, 2.05) is 0 Å². The SMILES string of the molecule is CCCCCCC\C=C/C=C\C=C/CCCCCCCC(=O)OCC(COC(=O)CCCCCCCCCCCCCCCC)OC(=O)CCCCCCCCCCCCCCCCC. The van der Waals surface area contributed by atoms with Crippen molar-refractivity contribution in [3.8, 4) is 0 Å². The predicted molar refractivity (Wildman–Crippen MR) is 279 cm³/mol. The summed E-state index contributed by atoms with van der Waals surface area (Å²) < 4.78 is 16.9. The molecule has 6 nitrogen and oxygen atoms in total. The summed E-state index contributed by atoms with van der Waals surface area (Å²) in [6.45, 7) is 6.65. The van der Waals surface area contributed by atoms with Crippen molar-refractivity contribution in [2.45, 2.75) is 309 Å². The van der Waals surface area contributed by atoms with Gasteiger partial charge in [0.05, 0.1) is 0 Å². The summed E-state index contributed by atoms with van der Waals surface area (Å²) in [7, 11) is 0. The molecule has 380 valence electrons. The van der Waals surface area contributed by atoms with Crippen LogP contribution in [0.3, 0.4) is 0 Å².